The monoisotopic (exact) mass is 932 g/mol. The minimum atomic E-state index is -4.90. The molecular formula is C46H78O15P2. The van der Waals surface area contributed by atoms with E-state index in [-0.39, 0.29) is 32.1 Å². The van der Waals surface area contributed by atoms with E-state index >= 15 is 0 Å². The van der Waals surface area contributed by atoms with Gasteiger partial charge in [-0.2, -0.15) is 0 Å². The summed E-state index contributed by atoms with van der Waals surface area (Å²) in [6, 6.07) is 0. The van der Waals surface area contributed by atoms with Gasteiger partial charge in [0.25, 0.3) is 0 Å². The second kappa shape index (κ2) is 40.7. The number of aliphatic hydroxyl groups is 3. The molecule has 0 aromatic rings. The van der Waals surface area contributed by atoms with Crippen LogP contribution in [0.2, 0.25) is 0 Å². The van der Waals surface area contributed by atoms with E-state index < -0.39 is 78.4 Å². The van der Waals surface area contributed by atoms with Gasteiger partial charge in [0.05, 0.1) is 32.0 Å². The van der Waals surface area contributed by atoms with Gasteiger partial charge in [0.1, 0.15) is 12.7 Å². The zero-order chi connectivity index (χ0) is 46.9. The van der Waals surface area contributed by atoms with E-state index in [1.54, 1.807) is 6.08 Å². The molecule has 0 heterocycles. The van der Waals surface area contributed by atoms with Gasteiger partial charge < -0.3 is 39.5 Å². The normalized spacial score (nSPS) is 15.7. The van der Waals surface area contributed by atoms with E-state index in [1.807, 2.05) is 18.2 Å². The van der Waals surface area contributed by atoms with Crippen LogP contribution in [0.5, 0.6) is 0 Å². The summed E-state index contributed by atoms with van der Waals surface area (Å²) in [7, 11) is -9.81. The summed E-state index contributed by atoms with van der Waals surface area (Å²) in [5.74, 6) is -1.35. The molecule has 362 valence electrons. The number of hydrogen-bond donors (Lipinski definition) is 6. The molecule has 15 nitrogen and oxygen atoms in total. The average Bonchev–Trinajstić information content (AvgIpc) is 3.24. The van der Waals surface area contributed by atoms with Crippen molar-refractivity contribution in [1.29, 1.82) is 0 Å². The maximum Gasteiger partial charge on any atom is 0.472 e. The molecule has 17 heteroatoms. The van der Waals surface area contributed by atoms with Crippen LogP contribution < -0.4 is 0 Å². The Bertz CT molecular complexity index is 1470. The molecule has 0 bridgehead atoms. The molecule has 0 spiro atoms. The van der Waals surface area contributed by atoms with Gasteiger partial charge in [0, 0.05) is 12.8 Å². The number of ether oxygens (including phenoxy) is 2. The first-order valence-electron chi connectivity index (χ1n) is 22.4. The molecule has 0 radical (unpaired) electrons. The fraction of sp³-hybridized carbons (Fsp3) is 0.652. The lowest BCUT2D eigenvalue weighted by molar-refractivity contribution is -0.161. The van der Waals surface area contributed by atoms with Crippen molar-refractivity contribution < 1.29 is 71.8 Å². The summed E-state index contributed by atoms with van der Waals surface area (Å²) in [5.41, 5.74) is 0. The molecule has 0 aromatic carbocycles. The molecule has 0 aliphatic carbocycles. The van der Waals surface area contributed by atoms with Gasteiger partial charge in [0.2, 0.25) is 0 Å². The number of carbonyl (C=O) groups excluding carboxylic acids is 2. The van der Waals surface area contributed by atoms with Gasteiger partial charge in [-0.05, 0) is 89.9 Å². The summed E-state index contributed by atoms with van der Waals surface area (Å²) < 4.78 is 47.6. The predicted octanol–water partition coefficient (Wildman–Crippen LogP) is 9.50. The van der Waals surface area contributed by atoms with E-state index in [0.29, 0.717) is 12.8 Å². The highest BCUT2D eigenvalue weighted by molar-refractivity contribution is 7.47. The second-order valence-electron chi connectivity index (χ2n) is 14.9. The first-order valence-corrected chi connectivity index (χ1v) is 25.5. The molecule has 0 saturated carbocycles. The van der Waals surface area contributed by atoms with Crippen molar-refractivity contribution in [3.8, 4) is 0 Å². The lowest BCUT2D eigenvalue weighted by Crippen LogP contribution is -2.30. The van der Waals surface area contributed by atoms with Crippen molar-refractivity contribution in [3.63, 3.8) is 0 Å². The van der Waals surface area contributed by atoms with Crippen LogP contribution in [0.1, 0.15) is 142 Å². The Morgan fingerprint density at radius 1 is 0.524 bits per heavy atom. The molecular weight excluding hydrogens is 854 g/mol. The molecule has 6 N–H and O–H groups in total. The van der Waals surface area contributed by atoms with Crippen LogP contribution in [0, 0.1) is 0 Å². The third kappa shape index (κ3) is 42.9. The van der Waals surface area contributed by atoms with Crippen LogP contribution in [-0.2, 0) is 41.8 Å². The quantitative estimate of drug-likeness (QED) is 0.0145. The van der Waals surface area contributed by atoms with Crippen molar-refractivity contribution in [3.05, 3.63) is 85.1 Å². The molecule has 0 fully saturated rings. The molecule has 0 amide bonds. The number of aliphatic hydroxyl groups excluding tert-OH is 3. The molecule has 63 heavy (non-hydrogen) atoms. The van der Waals surface area contributed by atoms with Gasteiger partial charge in [0.15, 0.2) is 6.10 Å². The van der Waals surface area contributed by atoms with E-state index in [4.69, 9.17) is 23.8 Å². The lowest BCUT2D eigenvalue weighted by atomic mass is 10.0. The van der Waals surface area contributed by atoms with Crippen molar-refractivity contribution in [1.82, 2.24) is 0 Å². The summed E-state index contributed by atoms with van der Waals surface area (Å²) in [5, 5.41) is 30.5. The summed E-state index contributed by atoms with van der Waals surface area (Å²) in [6.45, 7) is 1.24. The fourth-order valence-corrected chi connectivity index (χ4v) is 6.60. The van der Waals surface area contributed by atoms with Crippen LogP contribution in [0.15, 0.2) is 85.1 Å². The summed E-state index contributed by atoms with van der Waals surface area (Å²) in [4.78, 5) is 52.8. The number of hydrogen-bond acceptors (Lipinski definition) is 12. The summed E-state index contributed by atoms with van der Waals surface area (Å²) in [6.07, 6.45) is 38.8. The van der Waals surface area contributed by atoms with Crippen LogP contribution in [-0.4, -0.2) is 92.8 Å². The smallest absolute Gasteiger partial charge is 0.462 e. The van der Waals surface area contributed by atoms with E-state index in [9.17, 15) is 38.9 Å². The highest BCUT2D eigenvalue weighted by atomic mass is 31.2. The van der Waals surface area contributed by atoms with Gasteiger partial charge in [-0.3, -0.25) is 23.2 Å². The Morgan fingerprint density at radius 2 is 1.02 bits per heavy atom. The zero-order valence-corrected chi connectivity index (χ0v) is 39.4. The SMILES string of the molecule is CC/C=C\C/C=C\C/C=C\C/C=C\C[C@@H](O)[C@H](O)CCCC(=O)O[C@H](COC(=O)CCCCCC/C=C\C/C=C\C/C=C\CCCCC)COP(=O)(O)OC[C@@H](O)COP(=O)(O)O. The third-order valence-corrected chi connectivity index (χ3v) is 10.4. The number of carbonyl (C=O) groups is 2. The minimum absolute atomic E-state index is 0.0820. The second-order valence-corrected chi connectivity index (χ2v) is 17.6. The molecule has 0 rings (SSSR count). The fourth-order valence-electron chi connectivity index (χ4n) is 5.44. The molecule has 0 aliphatic rings. The number of unbranched alkanes of at least 4 members (excludes halogenated alkanes) is 7. The largest absolute Gasteiger partial charge is 0.472 e. The van der Waals surface area contributed by atoms with E-state index in [1.165, 1.54) is 19.3 Å². The number of esters is 2. The Hall–Kier alpha value is -2.78. The Morgan fingerprint density at radius 3 is 1.59 bits per heavy atom. The van der Waals surface area contributed by atoms with Gasteiger partial charge in [-0.1, -0.05) is 125 Å². The molecule has 0 aliphatic heterocycles. The highest BCUT2D eigenvalue weighted by Crippen LogP contribution is 2.43. The van der Waals surface area contributed by atoms with Gasteiger partial charge in [-0.15, -0.1) is 0 Å². The van der Waals surface area contributed by atoms with E-state index in [2.05, 4.69) is 83.7 Å². The topological polar surface area (TPSA) is 236 Å². The van der Waals surface area contributed by atoms with Crippen LogP contribution in [0.4, 0.5) is 0 Å². The molecule has 0 saturated heterocycles. The number of phosphoric ester groups is 2. The molecule has 5 atom stereocenters. The standard InChI is InChI=1S/C46H78O15P2/c1-3-5-7-9-11-13-15-17-18-19-20-21-23-25-27-29-31-35-45(50)57-39-42(40-60-63(55,56)59-38-41(47)37-58-62(52,53)54)61-46(51)36-32-34-44(49)43(48)33-30-28-26-24-22-16-14-12-10-8-6-4-2/h6,8,11-14,17-18,20-22,24,28,30,41-44,47-49H,3-5,7,9-10,15-16,19,23,25-27,29,31-40H2,1-2H3,(H,55,56)(H2,52,53,54)/b8-6-,13-11-,14-12-,18-17-,21-20-,24-22-,30-28-/t41-,42+,43+,44+/m0/s1. The zero-order valence-electron chi connectivity index (χ0n) is 37.6. The van der Waals surface area contributed by atoms with Crippen molar-refractivity contribution >= 4 is 27.6 Å². The Labute approximate surface area is 376 Å². The van der Waals surface area contributed by atoms with Crippen molar-refractivity contribution in [2.24, 2.45) is 0 Å². The van der Waals surface area contributed by atoms with E-state index in [0.717, 1.165) is 64.2 Å². The first kappa shape index (κ1) is 60.2. The van der Waals surface area contributed by atoms with Crippen LogP contribution in [0.3, 0.4) is 0 Å². The predicted molar refractivity (Wildman–Crippen MR) is 246 cm³/mol. The summed E-state index contributed by atoms with van der Waals surface area (Å²) >= 11 is 0. The third-order valence-electron chi connectivity index (χ3n) is 8.96. The van der Waals surface area contributed by atoms with Crippen molar-refractivity contribution in [2.75, 3.05) is 26.4 Å². The lowest BCUT2D eigenvalue weighted by Gasteiger charge is -2.21. The molecule has 1 unspecified atom stereocenters. The average molecular weight is 933 g/mol. The minimum Gasteiger partial charge on any atom is -0.462 e. The van der Waals surface area contributed by atoms with Gasteiger partial charge in [-0.25, -0.2) is 9.13 Å². The van der Waals surface area contributed by atoms with Gasteiger partial charge >= 0.3 is 27.6 Å². The van der Waals surface area contributed by atoms with Crippen molar-refractivity contribution in [2.45, 2.75) is 167 Å². The Balaban J connectivity index is 4.80. The maximum atomic E-state index is 12.7. The maximum absolute atomic E-state index is 12.7. The molecule has 0 aromatic heterocycles. The number of rotatable bonds is 41. The van der Waals surface area contributed by atoms with Crippen LogP contribution in [0.25, 0.3) is 0 Å². The highest BCUT2D eigenvalue weighted by Gasteiger charge is 2.28. The Kier molecular flexibility index (Phi) is 38.9. The first-order chi connectivity index (χ1) is 30.2. The number of phosphoric acid groups is 2. The van der Waals surface area contributed by atoms with Crippen LogP contribution >= 0.6 is 15.6 Å². The number of allylic oxidation sites excluding steroid dienone is 13.